The zero-order chi connectivity index (χ0) is 9.68. The molecule has 1 aromatic rings. The standard InChI is InChI=1S/C8H11N3O2/c1-6-10-3-7(4-11-6)2-9-5-8(12)13/h3-4,9H,2,5H2,1H3,(H,12,13). The highest BCUT2D eigenvalue weighted by Crippen LogP contribution is 1.93. The van der Waals surface area contributed by atoms with Gasteiger partial charge < -0.3 is 10.4 Å². The predicted octanol–water partition coefficient (Wildman–Crippen LogP) is -0.0408. The average Bonchev–Trinajstić information content (AvgIpc) is 2.08. The minimum absolute atomic E-state index is 0.0477. The summed E-state index contributed by atoms with van der Waals surface area (Å²) in [5.41, 5.74) is 0.881. The van der Waals surface area contributed by atoms with Crippen molar-refractivity contribution in [2.75, 3.05) is 6.54 Å². The molecule has 1 heterocycles. The van der Waals surface area contributed by atoms with Gasteiger partial charge in [-0.15, -0.1) is 0 Å². The molecule has 0 saturated carbocycles. The number of carbonyl (C=O) groups is 1. The fourth-order valence-electron chi connectivity index (χ4n) is 0.824. The summed E-state index contributed by atoms with van der Waals surface area (Å²) in [7, 11) is 0. The first-order chi connectivity index (χ1) is 6.18. The summed E-state index contributed by atoms with van der Waals surface area (Å²) in [6.45, 7) is 2.23. The summed E-state index contributed by atoms with van der Waals surface area (Å²) in [6, 6.07) is 0. The Morgan fingerprint density at radius 2 is 2.15 bits per heavy atom. The second-order valence-corrected chi connectivity index (χ2v) is 2.64. The monoisotopic (exact) mass is 181 g/mol. The van der Waals surface area contributed by atoms with Crippen LogP contribution in [-0.4, -0.2) is 27.6 Å². The molecule has 70 valence electrons. The summed E-state index contributed by atoms with van der Waals surface area (Å²) >= 11 is 0. The fraction of sp³-hybridized carbons (Fsp3) is 0.375. The number of aliphatic carboxylic acids is 1. The van der Waals surface area contributed by atoms with Crippen molar-refractivity contribution in [1.29, 1.82) is 0 Å². The van der Waals surface area contributed by atoms with Crippen LogP contribution in [0.1, 0.15) is 11.4 Å². The number of nitrogens with zero attached hydrogens (tertiary/aromatic N) is 2. The second-order valence-electron chi connectivity index (χ2n) is 2.64. The lowest BCUT2D eigenvalue weighted by Crippen LogP contribution is -2.22. The maximum atomic E-state index is 10.1. The quantitative estimate of drug-likeness (QED) is 0.681. The normalized spacial score (nSPS) is 9.92. The summed E-state index contributed by atoms with van der Waals surface area (Å²) in [5.74, 6) is -0.157. The van der Waals surface area contributed by atoms with E-state index < -0.39 is 5.97 Å². The lowest BCUT2D eigenvalue weighted by atomic mass is 10.3. The van der Waals surface area contributed by atoms with E-state index in [0.717, 1.165) is 5.56 Å². The molecule has 0 amide bonds. The van der Waals surface area contributed by atoms with Crippen molar-refractivity contribution in [1.82, 2.24) is 15.3 Å². The van der Waals surface area contributed by atoms with Gasteiger partial charge in [-0.25, -0.2) is 9.97 Å². The third-order valence-electron chi connectivity index (χ3n) is 1.44. The Labute approximate surface area is 75.8 Å². The molecule has 0 aliphatic rings. The maximum Gasteiger partial charge on any atom is 0.317 e. The van der Waals surface area contributed by atoms with Gasteiger partial charge in [-0.2, -0.15) is 0 Å². The van der Waals surface area contributed by atoms with Crippen molar-refractivity contribution in [2.45, 2.75) is 13.5 Å². The highest BCUT2D eigenvalue weighted by Gasteiger charge is 1.96. The molecule has 0 atom stereocenters. The van der Waals surface area contributed by atoms with Gasteiger partial charge in [-0.05, 0) is 6.92 Å². The summed E-state index contributed by atoms with van der Waals surface area (Å²) in [5, 5.41) is 11.1. The lowest BCUT2D eigenvalue weighted by molar-refractivity contribution is -0.135. The number of aryl methyl sites for hydroxylation is 1. The highest BCUT2D eigenvalue weighted by molar-refractivity contribution is 5.68. The molecular weight excluding hydrogens is 170 g/mol. The second kappa shape index (κ2) is 4.51. The molecule has 13 heavy (non-hydrogen) atoms. The Kier molecular flexibility index (Phi) is 3.33. The number of hydrogen-bond acceptors (Lipinski definition) is 4. The smallest absolute Gasteiger partial charge is 0.317 e. The molecule has 0 fully saturated rings. The molecule has 2 N–H and O–H groups in total. The van der Waals surface area contributed by atoms with Crippen LogP contribution >= 0.6 is 0 Å². The Hall–Kier alpha value is -1.49. The molecular formula is C8H11N3O2. The molecule has 0 saturated heterocycles. The van der Waals surface area contributed by atoms with Gasteiger partial charge in [0, 0.05) is 24.5 Å². The van der Waals surface area contributed by atoms with E-state index in [1.807, 2.05) is 0 Å². The predicted molar refractivity (Wildman–Crippen MR) is 46.1 cm³/mol. The van der Waals surface area contributed by atoms with Crippen LogP contribution in [0.3, 0.4) is 0 Å². The van der Waals surface area contributed by atoms with Crippen LogP contribution in [0.15, 0.2) is 12.4 Å². The van der Waals surface area contributed by atoms with Gasteiger partial charge in [0.05, 0.1) is 6.54 Å². The van der Waals surface area contributed by atoms with Gasteiger partial charge >= 0.3 is 5.97 Å². The number of nitrogens with one attached hydrogen (secondary N) is 1. The highest BCUT2D eigenvalue weighted by atomic mass is 16.4. The SMILES string of the molecule is Cc1ncc(CNCC(=O)O)cn1. The van der Waals surface area contributed by atoms with E-state index in [4.69, 9.17) is 5.11 Å². The number of rotatable bonds is 4. The van der Waals surface area contributed by atoms with E-state index >= 15 is 0 Å². The molecule has 1 aromatic heterocycles. The van der Waals surface area contributed by atoms with Crippen LogP contribution in [0.25, 0.3) is 0 Å². The first kappa shape index (κ1) is 9.60. The van der Waals surface area contributed by atoms with E-state index in [1.165, 1.54) is 0 Å². The van der Waals surface area contributed by atoms with E-state index in [2.05, 4.69) is 15.3 Å². The first-order valence-electron chi connectivity index (χ1n) is 3.88. The Morgan fingerprint density at radius 3 is 2.69 bits per heavy atom. The van der Waals surface area contributed by atoms with E-state index in [1.54, 1.807) is 19.3 Å². The molecule has 0 unspecified atom stereocenters. The summed E-state index contributed by atoms with van der Waals surface area (Å²) < 4.78 is 0. The van der Waals surface area contributed by atoms with Crippen LogP contribution in [0.4, 0.5) is 0 Å². The maximum absolute atomic E-state index is 10.1. The molecule has 1 rings (SSSR count). The van der Waals surface area contributed by atoms with Gasteiger partial charge in [0.25, 0.3) is 0 Å². The molecule has 0 radical (unpaired) electrons. The molecule has 5 nitrogen and oxygen atoms in total. The van der Waals surface area contributed by atoms with Crippen LogP contribution in [0.2, 0.25) is 0 Å². The average molecular weight is 181 g/mol. The van der Waals surface area contributed by atoms with Crippen LogP contribution in [-0.2, 0) is 11.3 Å². The molecule has 0 aliphatic heterocycles. The van der Waals surface area contributed by atoms with Gasteiger partial charge in [-0.3, -0.25) is 4.79 Å². The van der Waals surface area contributed by atoms with Crippen molar-refractivity contribution in [2.24, 2.45) is 0 Å². The molecule has 0 aliphatic carbocycles. The van der Waals surface area contributed by atoms with Gasteiger partial charge in [0.15, 0.2) is 0 Å². The summed E-state index contributed by atoms with van der Waals surface area (Å²) in [6.07, 6.45) is 3.36. The van der Waals surface area contributed by atoms with Crippen molar-refractivity contribution in [3.8, 4) is 0 Å². The van der Waals surface area contributed by atoms with Crippen molar-refractivity contribution < 1.29 is 9.90 Å². The fourth-order valence-corrected chi connectivity index (χ4v) is 0.824. The van der Waals surface area contributed by atoms with E-state index in [0.29, 0.717) is 12.4 Å². The van der Waals surface area contributed by atoms with Gasteiger partial charge in [0.2, 0.25) is 0 Å². The first-order valence-corrected chi connectivity index (χ1v) is 3.88. The van der Waals surface area contributed by atoms with Gasteiger partial charge in [-0.1, -0.05) is 0 Å². The number of carboxylic acid groups (broad SMARTS) is 1. The molecule has 0 spiro atoms. The van der Waals surface area contributed by atoms with Crippen LogP contribution < -0.4 is 5.32 Å². The Bertz CT molecular complexity index is 284. The number of hydrogen-bond donors (Lipinski definition) is 2. The number of aromatic nitrogens is 2. The van der Waals surface area contributed by atoms with Crippen molar-refractivity contribution in [3.63, 3.8) is 0 Å². The van der Waals surface area contributed by atoms with Crippen LogP contribution in [0, 0.1) is 6.92 Å². The van der Waals surface area contributed by atoms with E-state index in [9.17, 15) is 4.79 Å². The largest absolute Gasteiger partial charge is 0.480 e. The minimum atomic E-state index is -0.868. The van der Waals surface area contributed by atoms with E-state index in [-0.39, 0.29) is 6.54 Å². The minimum Gasteiger partial charge on any atom is -0.480 e. The topological polar surface area (TPSA) is 75.1 Å². The van der Waals surface area contributed by atoms with Gasteiger partial charge in [0.1, 0.15) is 5.82 Å². The molecule has 0 bridgehead atoms. The molecule has 0 aromatic carbocycles. The number of carboxylic acids is 1. The van der Waals surface area contributed by atoms with Crippen molar-refractivity contribution >= 4 is 5.97 Å². The Morgan fingerprint density at radius 1 is 1.54 bits per heavy atom. The van der Waals surface area contributed by atoms with Crippen LogP contribution in [0.5, 0.6) is 0 Å². The Balaban J connectivity index is 2.37. The lowest BCUT2D eigenvalue weighted by Gasteiger charge is -2.00. The van der Waals surface area contributed by atoms with Crippen molar-refractivity contribution in [3.05, 3.63) is 23.8 Å². The zero-order valence-corrected chi connectivity index (χ0v) is 7.32. The zero-order valence-electron chi connectivity index (χ0n) is 7.32. The third kappa shape index (κ3) is 3.62. The summed E-state index contributed by atoms with van der Waals surface area (Å²) in [4.78, 5) is 18.1. The molecule has 5 heteroatoms. The third-order valence-corrected chi connectivity index (χ3v) is 1.44.